The van der Waals surface area contributed by atoms with E-state index in [2.05, 4.69) is 22.0 Å². The van der Waals surface area contributed by atoms with E-state index in [9.17, 15) is 4.79 Å². The van der Waals surface area contributed by atoms with Crippen LogP contribution in [-0.4, -0.2) is 24.1 Å². The largest absolute Gasteiger partial charge is 0.464 e. The number of hydrogen-bond acceptors (Lipinski definition) is 3. The standard InChI is InChI=1S/C13H20N2O2/c1-9-3-4-10(7-9)14-8-11-5-6-12(15-11)13(16)17-2/h5-6,9-10,14-15H,3-4,7-8H2,1-2H3. The number of carbonyl (C=O) groups is 1. The van der Waals surface area contributed by atoms with E-state index in [1.165, 1.54) is 26.4 Å². The second-order valence-corrected chi connectivity index (χ2v) is 4.88. The fourth-order valence-electron chi connectivity index (χ4n) is 2.42. The van der Waals surface area contributed by atoms with Gasteiger partial charge in [0.15, 0.2) is 0 Å². The smallest absolute Gasteiger partial charge is 0.354 e. The summed E-state index contributed by atoms with van der Waals surface area (Å²) in [7, 11) is 1.39. The van der Waals surface area contributed by atoms with Crippen molar-refractivity contribution in [1.29, 1.82) is 0 Å². The van der Waals surface area contributed by atoms with Crippen LogP contribution < -0.4 is 5.32 Å². The number of nitrogens with one attached hydrogen (secondary N) is 2. The van der Waals surface area contributed by atoms with Crippen LogP contribution in [-0.2, 0) is 11.3 Å². The van der Waals surface area contributed by atoms with Crippen LogP contribution >= 0.6 is 0 Å². The van der Waals surface area contributed by atoms with Crippen molar-refractivity contribution in [2.45, 2.75) is 38.8 Å². The Labute approximate surface area is 102 Å². The summed E-state index contributed by atoms with van der Waals surface area (Å²) in [5.74, 6) is 0.521. The maximum absolute atomic E-state index is 11.3. The number of methoxy groups -OCH3 is 1. The molecule has 2 N–H and O–H groups in total. The van der Waals surface area contributed by atoms with E-state index in [1.807, 2.05) is 6.07 Å². The highest BCUT2D eigenvalue weighted by atomic mass is 16.5. The molecule has 1 aromatic heterocycles. The number of aromatic nitrogens is 1. The molecule has 94 valence electrons. The lowest BCUT2D eigenvalue weighted by Gasteiger charge is -2.11. The molecule has 0 aliphatic heterocycles. The van der Waals surface area contributed by atoms with E-state index in [-0.39, 0.29) is 5.97 Å². The van der Waals surface area contributed by atoms with Gasteiger partial charge in [0.05, 0.1) is 7.11 Å². The first-order valence-corrected chi connectivity index (χ1v) is 6.18. The lowest BCUT2D eigenvalue weighted by molar-refractivity contribution is 0.0594. The molecule has 0 amide bonds. The van der Waals surface area contributed by atoms with Crippen molar-refractivity contribution >= 4 is 5.97 Å². The number of esters is 1. The SMILES string of the molecule is COC(=O)c1ccc(CNC2CCC(C)C2)[nH]1. The molecule has 0 spiro atoms. The first-order chi connectivity index (χ1) is 8.19. The molecule has 0 radical (unpaired) electrons. The van der Waals surface area contributed by atoms with E-state index in [0.29, 0.717) is 11.7 Å². The summed E-state index contributed by atoms with van der Waals surface area (Å²) < 4.78 is 4.65. The minimum absolute atomic E-state index is 0.314. The van der Waals surface area contributed by atoms with Gasteiger partial charge in [-0.2, -0.15) is 0 Å². The van der Waals surface area contributed by atoms with Gasteiger partial charge in [-0.1, -0.05) is 6.92 Å². The van der Waals surface area contributed by atoms with Crippen molar-refractivity contribution in [3.05, 3.63) is 23.5 Å². The fourth-order valence-corrected chi connectivity index (χ4v) is 2.42. The van der Waals surface area contributed by atoms with Crippen molar-refractivity contribution in [2.75, 3.05) is 7.11 Å². The van der Waals surface area contributed by atoms with Gasteiger partial charge in [-0.3, -0.25) is 0 Å². The molecule has 1 heterocycles. The highest BCUT2D eigenvalue weighted by molar-refractivity contribution is 5.87. The summed E-state index contributed by atoms with van der Waals surface area (Å²) in [5.41, 5.74) is 1.55. The lowest BCUT2D eigenvalue weighted by Crippen LogP contribution is -2.25. The van der Waals surface area contributed by atoms with Crippen molar-refractivity contribution in [3.63, 3.8) is 0 Å². The van der Waals surface area contributed by atoms with Crippen LogP contribution in [0.4, 0.5) is 0 Å². The Morgan fingerprint density at radius 2 is 2.35 bits per heavy atom. The Morgan fingerprint density at radius 1 is 1.53 bits per heavy atom. The zero-order chi connectivity index (χ0) is 12.3. The maximum Gasteiger partial charge on any atom is 0.354 e. The van der Waals surface area contributed by atoms with Crippen LogP contribution in [0.3, 0.4) is 0 Å². The average molecular weight is 236 g/mol. The number of carbonyl (C=O) groups excluding carboxylic acids is 1. The van der Waals surface area contributed by atoms with E-state index in [0.717, 1.165) is 18.2 Å². The number of rotatable bonds is 4. The zero-order valence-electron chi connectivity index (χ0n) is 10.5. The molecule has 2 atom stereocenters. The van der Waals surface area contributed by atoms with Crippen LogP contribution in [0.5, 0.6) is 0 Å². The van der Waals surface area contributed by atoms with Gasteiger partial charge in [-0.05, 0) is 37.3 Å². The molecule has 2 rings (SSSR count). The molecule has 1 aliphatic carbocycles. The van der Waals surface area contributed by atoms with Gasteiger partial charge in [0.2, 0.25) is 0 Å². The Morgan fingerprint density at radius 3 is 3.00 bits per heavy atom. The Hall–Kier alpha value is -1.29. The van der Waals surface area contributed by atoms with Crippen molar-refractivity contribution in [3.8, 4) is 0 Å². The normalized spacial score (nSPS) is 23.9. The van der Waals surface area contributed by atoms with Crippen LogP contribution in [0.2, 0.25) is 0 Å². The van der Waals surface area contributed by atoms with Gasteiger partial charge in [-0.25, -0.2) is 4.79 Å². The summed E-state index contributed by atoms with van der Waals surface area (Å²) >= 11 is 0. The molecule has 0 saturated heterocycles. The summed E-state index contributed by atoms with van der Waals surface area (Å²) in [6, 6.07) is 4.31. The second kappa shape index (κ2) is 5.36. The first-order valence-electron chi connectivity index (χ1n) is 6.18. The van der Waals surface area contributed by atoms with Crippen LogP contribution in [0.15, 0.2) is 12.1 Å². The quantitative estimate of drug-likeness (QED) is 0.787. The van der Waals surface area contributed by atoms with Gasteiger partial charge in [-0.15, -0.1) is 0 Å². The summed E-state index contributed by atoms with van der Waals surface area (Å²) in [5, 5.41) is 3.52. The summed E-state index contributed by atoms with van der Waals surface area (Å²) in [4.78, 5) is 14.3. The topological polar surface area (TPSA) is 54.1 Å². The van der Waals surface area contributed by atoms with Gasteiger partial charge in [0, 0.05) is 18.3 Å². The molecular formula is C13H20N2O2. The van der Waals surface area contributed by atoms with Crippen LogP contribution in [0.25, 0.3) is 0 Å². The maximum atomic E-state index is 11.3. The lowest BCUT2D eigenvalue weighted by atomic mass is 10.1. The van der Waals surface area contributed by atoms with Crippen molar-refractivity contribution < 1.29 is 9.53 Å². The third-order valence-corrected chi connectivity index (χ3v) is 3.43. The van der Waals surface area contributed by atoms with Crippen LogP contribution in [0.1, 0.15) is 42.4 Å². The first kappa shape index (κ1) is 12.2. The van der Waals surface area contributed by atoms with E-state index in [1.54, 1.807) is 6.07 Å². The highest BCUT2D eigenvalue weighted by Crippen LogP contribution is 2.24. The third-order valence-electron chi connectivity index (χ3n) is 3.43. The second-order valence-electron chi connectivity index (χ2n) is 4.88. The molecule has 0 aromatic carbocycles. The van der Waals surface area contributed by atoms with Crippen LogP contribution in [0, 0.1) is 5.92 Å². The Balaban J connectivity index is 1.83. The molecule has 4 heteroatoms. The molecule has 0 bridgehead atoms. The third kappa shape index (κ3) is 3.09. The zero-order valence-corrected chi connectivity index (χ0v) is 10.5. The molecule has 2 unspecified atom stereocenters. The molecule has 1 fully saturated rings. The minimum Gasteiger partial charge on any atom is -0.464 e. The molecule has 1 saturated carbocycles. The number of H-pyrrole nitrogens is 1. The van der Waals surface area contributed by atoms with Gasteiger partial charge in [0.1, 0.15) is 5.69 Å². The van der Waals surface area contributed by atoms with E-state index in [4.69, 9.17) is 0 Å². The number of ether oxygens (including phenoxy) is 1. The molecule has 4 nitrogen and oxygen atoms in total. The van der Waals surface area contributed by atoms with E-state index >= 15 is 0 Å². The Bertz CT molecular complexity index is 387. The van der Waals surface area contributed by atoms with Gasteiger partial charge >= 0.3 is 5.97 Å². The summed E-state index contributed by atoms with van der Waals surface area (Å²) in [6.07, 6.45) is 3.83. The molecule has 1 aliphatic rings. The van der Waals surface area contributed by atoms with Crippen molar-refractivity contribution in [2.24, 2.45) is 5.92 Å². The number of hydrogen-bond donors (Lipinski definition) is 2. The highest BCUT2D eigenvalue weighted by Gasteiger charge is 2.20. The fraction of sp³-hybridized carbons (Fsp3) is 0.615. The monoisotopic (exact) mass is 236 g/mol. The molecule has 17 heavy (non-hydrogen) atoms. The molecule has 1 aromatic rings. The number of aromatic amines is 1. The average Bonchev–Trinajstić information content (AvgIpc) is 2.94. The van der Waals surface area contributed by atoms with Crippen molar-refractivity contribution in [1.82, 2.24) is 10.3 Å². The predicted octanol–water partition coefficient (Wildman–Crippen LogP) is 2.08. The Kier molecular flexibility index (Phi) is 3.84. The minimum atomic E-state index is -0.314. The molecular weight excluding hydrogens is 216 g/mol. The summed E-state index contributed by atoms with van der Waals surface area (Å²) in [6.45, 7) is 3.08. The predicted molar refractivity (Wildman–Crippen MR) is 65.8 cm³/mol. The van der Waals surface area contributed by atoms with Gasteiger partial charge in [0.25, 0.3) is 0 Å². The van der Waals surface area contributed by atoms with Gasteiger partial charge < -0.3 is 15.0 Å². The van der Waals surface area contributed by atoms with E-state index < -0.39 is 0 Å².